The molecular weight excluding hydrogens is 333 g/mol. The average molecular weight is 348 g/mol. The summed E-state index contributed by atoms with van der Waals surface area (Å²) in [5.41, 5.74) is 2.06. The number of hydrogen-bond acceptors (Lipinski definition) is 4. The second-order valence-corrected chi connectivity index (χ2v) is 5.00. The number of nitrogens with zero attached hydrogens (tertiary/aromatic N) is 2. The molecule has 0 bridgehead atoms. The van der Waals surface area contributed by atoms with Gasteiger partial charge < -0.3 is 0 Å². The number of benzene rings is 2. The fraction of sp³-hybridized carbons (Fsp3) is 0.222. The highest BCUT2D eigenvalue weighted by Gasteiger charge is 2.29. The fourth-order valence-corrected chi connectivity index (χ4v) is 1.86. The van der Waals surface area contributed by atoms with Crippen LogP contribution in [0.1, 0.15) is 22.3 Å². The summed E-state index contributed by atoms with van der Waals surface area (Å²) in [6.07, 6.45) is -1.50. The van der Waals surface area contributed by atoms with Crippen LogP contribution in [-0.4, -0.2) is 12.2 Å². The van der Waals surface area contributed by atoms with Gasteiger partial charge >= 0.3 is 6.18 Å². The molecule has 0 aliphatic rings. The number of aliphatic imine (C=N–C) groups is 2. The van der Waals surface area contributed by atoms with Crippen molar-refractivity contribution in [2.24, 2.45) is 9.98 Å². The molecule has 0 amide bonds. The quantitative estimate of drug-likeness (QED) is 0.608. The van der Waals surface area contributed by atoms with Gasteiger partial charge in [0.05, 0.1) is 18.7 Å². The highest BCUT2D eigenvalue weighted by Crippen LogP contribution is 2.29. The molecule has 130 valence electrons. The van der Waals surface area contributed by atoms with Crippen LogP contribution in [0.15, 0.2) is 58.5 Å². The van der Waals surface area contributed by atoms with Crippen LogP contribution in [-0.2, 0) is 28.9 Å². The van der Waals surface area contributed by atoms with Gasteiger partial charge in [-0.2, -0.15) is 13.2 Å². The van der Waals surface area contributed by atoms with Crippen LogP contribution in [0.5, 0.6) is 0 Å². The molecule has 0 aromatic heterocycles. The standard InChI is InChI=1S/C9H6F3NO.C9H9NO/c10-9(11,12)8-3-1-7(2-4-8)5-13-6-14;1-8-3-2-4-9(5-8)6-10-7-11/h1-4H,5H2;2-5H,6H2,1H3. The van der Waals surface area contributed by atoms with E-state index < -0.39 is 11.7 Å². The predicted molar refractivity (Wildman–Crippen MR) is 86.3 cm³/mol. The number of aryl methyl sites for hydroxylation is 1. The van der Waals surface area contributed by atoms with Gasteiger partial charge in [-0.15, -0.1) is 0 Å². The Balaban J connectivity index is 0.000000257. The summed E-state index contributed by atoms with van der Waals surface area (Å²) in [5.74, 6) is 0. The van der Waals surface area contributed by atoms with Crippen molar-refractivity contribution in [3.05, 3.63) is 70.8 Å². The van der Waals surface area contributed by atoms with Crippen molar-refractivity contribution in [2.75, 3.05) is 0 Å². The maximum absolute atomic E-state index is 12.1. The van der Waals surface area contributed by atoms with Gasteiger partial charge in [-0.3, -0.25) is 0 Å². The van der Waals surface area contributed by atoms with Crippen molar-refractivity contribution in [3.8, 4) is 0 Å². The van der Waals surface area contributed by atoms with Gasteiger partial charge in [0.25, 0.3) is 0 Å². The van der Waals surface area contributed by atoms with Crippen molar-refractivity contribution in [3.63, 3.8) is 0 Å². The minimum absolute atomic E-state index is 0.0572. The van der Waals surface area contributed by atoms with E-state index >= 15 is 0 Å². The van der Waals surface area contributed by atoms with Crippen LogP contribution in [0.2, 0.25) is 0 Å². The lowest BCUT2D eigenvalue weighted by atomic mass is 10.1. The molecule has 2 aromatic carbocycles. The Morgan fingerprint density at radius 1 is 0.880 bits per heavy atom. The number of halogens is 3. The molecule has 0 aliphatic carbocycles. The van der Waals surface area contributed by atoms with E-state index in [2.05, 4.69) is 9.98 Å². The molecular formula is C18H15F3N2O2. The van der Waals surface area contributed by atoms with E-state index in [0.29, 0.717) is 12.1 Å². The molecule has 0 saturated heterocycles. The molecule has 0 N–H and O–H groups in total. The van der Waals surface area contributed by atoms with Crippen molar-refractivity contribution < 1.29 is 22.8 Å². The molecule has 2 rings (SSSR count). The van der Waals surface area contributed by atoms with Gasteiger partial charge in [-0.1, -0.05) is 42.0 Å². The Labute approximate surface area is 142 Å². The van der Waals surface area contributed by atoms with E-state index in [1.807, 2.05) is 31.2 Å². The number of hydrogen-bond donors (Lipinski definition) is 0. The van der Waals surface area contributed by atoms with Gasteiger partial charge in [0, 0.05) is 0 Å². The minimum atomic E-state index is -4.33. The minimum Gasteiger partial charge on any atom is -0.211 e. The highest BCUT2D eigenvalue weighted by molar-refractivity contribution is 5.34. The first kappa shape index (κ1) is 20.0. The zero-order valence-corrected chi connectivity index (χ0v) is 13.4. The topological polar surface area (TPSA) is 58.9 Å². The van der Waals surface area contributed by atoms with Crippen molar-refractivity contribution in [2.45, 2.75) is 26.2 Å². The number of carbonyl (C=O) groups excluding carboxylic acids is 2. The summed E-state index contributed by atoms with van der Waals surface area (Å²) < 4.78 is 36.3. The van der Waals surface area contributed by atoms with E-state index in [9.17, 15) is 22.8 Å². The van der Waals surface area contributed by atoms with Crippen LogP contribution in [0.3, 0.4) is 0 Å². The Kier molecular flexibility index (Phi) is 8.00. The Bertz CT molecular complexity index is 774. The predicted octanol–water partition coefficient (Wildman–Crippen LogP) is 4.37. The molecule has 0 aliphatic heterocycles. The third kappa shape index (κ3) is 7.88. The zero-order chi connectivity index (χ0) is 18.7. The monoisotopic (exact) mass is 348 g/mol. The first-order valence-corrected chi connectivity index (χ1v) is 7.15. The molecule has 2 aromatic rings. The van der Waals surface area contributed by atoms with Gasteiger partial charge in [-0.05, 0) is 30.2 Å². The molecule has 0 fully saturated rings. The molecule has 25 heavy (non-hydrogen) atoms. The lowest BCUT2D eigenvalue weighted by Gasteiger charge is -2.05. The molecule has 0 atom stereocenters. The normalized spacial score (nSPS) is 9.92. The van der Waals surface area contributed by atoms with Crippen LogP contribution < -0.4 is 0 Å². The van der Waals surface area contributed by atoms with Crippen molar-refractivity contribution in [1.82, 2.24) is 0 Å². The summed E-state index contributed by atoms with van der Waals surface area (Å²) in [6.45, 7) is 2.50. The number of rotatable bonds is 4. The van der Waals surface area contributed by atoms with Crippen LogP contribution in [0.25, 0.3) is 0 Å². The first-order chi connectivity index (χ1) is 11.9. The van der Waals surface area contributed by atoms with E-state index in [1.165, 1.54) is 29.9 Å². The van der Waals surface area contributed by atoms with Crippen LogP contribution >= 0.6 is 0 Å². The molecule has 0 spiro atoms. The van der Waals surface area contributed by atoms with Gasteiger partial charge in [0.1, 0.15) is 0 Å². The molecule has 0 heterocycles. The van der Waals surface area contributed by atoms with E-state index in [1.54, 1.807) is 0 Å². The highest BCUT2D eigenvalue weighted by atomic mass is 19.4. The lowest BCUT2D eigenvalue weighted by Crippen LogP contribution is -2.04. The Morgan fingerprint density at radius 3 is 1.92 bits per heavy atom. The average Bonchev–Trinajstić information content (AvgIpc) is 2.58. The SMILES string of the molecule is Cc1cccc(CN=C=O)c1.O=C=NCc1ccc(C(F)(F)F)cc1. The summed E-state index contributed by atoms with van der Waals surface area (Å²) in [7, 11) is 0. The largest absolute Gasteiger partial charge is 0.416 e. The van der Waals surface area contributed by atoms with Gasteiger partial charge in [0.15, 0.2) is 0 Å². The second kappa shape index (κ2) is 9.98. The zero-order valence-electron chi connectivity index (χ0n) is 13.4. The molecule has 0 unspecified atom stereocenters. The smallest absolute Gasteiger partial charge is 0.211 e. The third-order valence-electron chi connectivity index (χ3n) is 3.02. The van der Waals surface area contributed by atoms with E-state index in [4.69, 9.17) is 0 Å². The number of isocyanates is 2. The van der Waals surface area contributed by atoms with E-state index in [-0.39, 0.29) is 6.54 Å². The molecule has 0 radical (unpaired) electrons. The Hall–Kier alpha value is -3.01. The van der Waals surface area contributed by atoms with Gasteiger partial charge in [-0.25, -0.2) is 19.6 Å². The van der Waals surface area contributed by atoms with E-state index in [0.717, 1.165) is 17.7 Å². The maximum Gasteiger partial charge on any atom is 0.416 e. The Morgan fingerprint density at radius 2 is 1.44 bits per heavy atom. The second-order valence-electron chi connectivity index (χ2n) is 5.00. The number of alkyl halides is 3. The molecule has 4 nitrogen and oxygen atoms in total. The van der Waals surface area contributed by atoms with Crippen LogP contribution in [0.4, 0.5) is 13.2 Å². The third-order valence-corrected chi connectivity index (χ3v) is 3.02. The first-order valence-electron chi connectivity index (χ1n) is 7.15. The summed E-state index contributed by atoms with van der Waals surface area (Å²) >= 11 is 0. The van der Waals surface area contributed by atoms with Crippen molar-refractivity contribution in [1.29, 1.82) is 0 Å². The maximum atomic E-state index is 12.1. The van der Waals surface area contributed by atoms with Crippen LogP contribution in [0, 0.1) is 6.92 Å². The summed E-state index contributed by atoms with van der Waals surface area (Å²) in [5, 5.41) is 0. The van der Waals surface area contributed by atoms with Gasteiger partial charge in [0.2, 0.25) is 12.2 Å². The lowest BCUT2D eigenvalue weighted by molar-refractivity contribution is -0.137. The molecule has 0 saturated carbocycles. The molecule has 7 heteroatoms. The summed E-state index contributed by atoms with van der Waals surface area (Å²) in [6, 6.07) is 12.4. The summed E-state index contributed by atoms with van der Waals surface area (Å²) in [4.78, 5) is 26.2. The fourth-order valence-electron chi connectivity index (χ4n) is 1.86. The van der Waals surface area contributed by atoms with Crippen molar-refractivity contribution >= 4 is 12.2 Å².